The molecule has 0 unspecified atom stereocenters. The van der Waals surface area contributed by atoms with Crippen LogP contribution in [0.5, 0.6) is 0 Å². The van der Waals surface area contributed by atoms with Crippen molar-refractivity contribution in [2.75, 3.05) is 5.32 Å². The Morgan fingerprint density at radius 3 is 2.55 bits per heavy atom. The van der Waals surface area contributed by atoms with Gasteiger partial charge in [0.15, 0.2) is 5.69 Å². The molecule has 1 N–H and O–H groups in total. The number of benzene rings is 1. The maximum absolute atomic E-state index is 11.8. The van der Waals surface area contributed by atoms with Crippen LogP contribution in [0.2, 0.25) is 5.02 Å². The van der Waals surface area contributed by atoms with Crippen LogP contribution < -0.4 is 5.32 Å². The SMILES string of the molecule is Cc1cc(C(=O)Nc2ccc(S(=O)(=O)Cl)c(Cl)c2)no1. The molecule has 0 spiro atoms. The molecular formula is C11H8Cl2N2O4S. The van der Waals surface area contributed by atoms with Crippen molar-refractivity contribution in [2.24, 2.45) is 0 Å². The monoisotopic (exact) mass is 334 g/mol. The first-order chi connectivity index (χ1) is 9.27. The summed E-state index contributed by atoms with van der Waals surface area (Å²) in [5.41, 5.74) is 0.414. The minimum Gasteiger partial charge on any atom is -0.361 e. The van der Waals surface area contributed by atoms with Crippen molar-refractivity contribution < 1.29 is 17.7 Å². The normalized spacial score (nSPS) is 11.3. The van der Waals surface area contributed by atoms with E-state index in [-0.39, 0.29) is 15.6 Å². The molecule has 0 aliphatic carbocycles. The number of nitrogens with zero attached hydrogens (tertiary/aromatic N) is 1. The van der Waals surface area contributed by atoms with Crippen molar-refractivity contribution in [3.05, 3.63) is 40.7 Å². The Balaban J connectivity index is 2.23. The minimum atomic E-state index is -3.93. The topological polar surface area (TPSA) is 89.3 Å². The fraction of sp³-hybridized carbons (Fsp3) is 0.0909. The maximum Gasteiger partial charge on any atom is 0.277 e. The zero-order valence-electron chi connectivity index (χ0n) is 10.1. The maximum atomic E-state index is 11.8. The summed E-state index contributed by atoms with van der Waals surface area (Å²) in [6.07, 6.45) is 0. The van der Waals surface area contributed by atoms with Gasteiger partial charge in [0, 0.05) is 22.4 Å². The Morgan fingerprint density at radius 2 is 2.05 bits per heavy atom. The Labute approximate surface area is 124 Å². The van der Waals surface area contributed by atoms with Gasteiger partial charge in [-0.25, -0.2) is 8.42 Å². The van der Waals surface area contributed by atoms with Crippen LogP contribution >= 0.6 is 22.3 Å². The smallest absolute Gasteiger partial charge is 0.277 e. The Hall–Kier alpha value is -1.57. The lowest BCUT2D eigenvalue weighted by molar-refractivity contribution is 0.101. The van der Waals surface area contributed by atoms with E-state index in [9.17, 15) is 13.2 Å². The third-order valence-electron chi connectivity index (χ3n) is 2.31. The van der Waals surface area contributed by atoms with Gasteiger partial charge in [0.2, 0.25) is 0 Å². The Kier molecular flexibility index (Phi) is 4.03. The summed E-state index contributed by atoms with van der Waals surface area (Å²) >= 11 is 5.80. The van der Waals surface area contributed by atoms with E-state index in [1.807, 2.05) is 0 Å². The predicted octanol–water partition coefficient (Wildman–Crippen LogP) is 2.82. The molecule has 0 fully saturated rings. The number of carbonyl (C=O) groups is 1. The number of rotatable bonds is 3. The number of hydrogen-bond acceptors (Lipinski definition) is 5. The largest absolute Gasteiger partial charge is 0.361 e. The van der Waals surface area contributed by atoms with Crippen LogP contribution in [-0.2, 0) is 9.05 Å². The van der Waals surface area contributed by atoms with Crippen LogP contribution in [0.15, 0.2) is 33.7 Å². The molecule has 9 heteroatoms. The number of amides is 1. The average Bonchev–Trinajstić information content (AvgIpc) is 2.74. The van der Waals surface area contributed by atoms with E-state index in [1.165, 1.54) is 24.3 Å². The first kappa shape index (κ1) is 14.8. The molecule has 0 aliphatic rings. The van der Waals surface area contributed by atoms with E-state index in [0.29, 0.717) is 11.4 Å². The molecule has 2 rings (SSSR count). The molecule has 0 aliphatic heterocycles. The van der Waals surface area contributed by atoms with E-state index >= 15 is 0 Å². The van der Waals surface area contributed by atoms with Crippen molar-refractivity contribution in [2.45, 2.75) is 11.8 Å². The molecule has 1 aromatic heterocycles. The summed E-state index contributed by atoms with van der Waals surface area (Å²) in [5.74, 6) is -0.00355. The zero-order valence-corrected chi connectivity index (χ0v) is 12.4. The van der Waals surface area contributed by atoms with Gasteiger partial charge in [0.05, 0.1) is 5.02 Å². The van der Waals surface area contributed by atoms with Crippen LogP contribution in [-0.4, -0.2) is 19.5 Å². The number of anilines is 1. The van der Waals surface area contributed by atoms with Crippen LogP contribution in [0.4, 0.5) is 5.69 Å². The standard InChI is InChI=1S/C11H8Cl2N2O4S/c1-6-4-9(15-19-6)11(16)14-7-2-3-10(8(12)5-7)20(13,17)18/h2-5H,1H3,(H,14,16). The van der Waals surface area contributed by atoms with E-state index in [1.54, 1.807) is 6.92 Å². The lowest BCUT2D eigenvalue weighted by atomic mass is 10.3. The lowest BCUT2D eigenvalue weighted by Crippen LogP contribution is -2.12. The summed E-state index contributed by atoms with van der Waals surface area (Å²) < 4.78 is 27.1. The fourth-order valence-electron chi connectivity index (χ4n) is 1.44. The summed E-state index contributed by atoms with van der Waals surface area (Å²) in [6.45, 7) is 1.65. The summed E-state index contributed by atoms with van der Waals surface area (Å²) in [7, 11) is 1.27. The minimum absolute atomic E-state index is 0.0888. The Morgan fingerprint density at radius 1 is 1.35 bits per heavy atom. The molecular weight excluding hydrogens is 327 g/mol. The first-order valence-electron chi connectivity index (χ1n) is 5.26. The lowest BCUT2D eigenvalue weighted by Gasteiger charge is -2.05. The third-order valence-corrected chi connectivity index (χ3v) is 4.12. The van der Waals surface area contributed by atoms with E-state index in [0.717, 1.165) is 0 Å². The van der Waals surface area contributed by atoms with Crippen molar-refractivity contribution in [3.63, 3.8) is 0 Å². The molecule has 0 bridgehead atoms. The average molecular weight is 335 g/mol. The molecule has 1 heterocycles. The van der Waals surface area contributed by atoms with E-state index < -0.39 is 15.0 Å². The van der Waals surface area contributed by atoms with Crippen molar-refractivity contribution in [1.82, 2.24) is 5.16 Å². The van der Waals surface area contributed by atoms with Gasteiger partial charge >= 0.3 is 0 Å². The number of aromatic nitrogens is 1. The van der Waals surface area contributed by atoms with Crippen molar-refractivity contribution >= 4 is 42.9 Å². The molecule has 1 aromatic carbocycles. The molecule has 0 atom stereocenters. The molecule has 1 amide bonds. The number of aryl methyl sites for hydroxylation is 1. The molecule has 6 nitrogen and oxygen atoms in total. The summed E-state index contributed by atoms with van der Waals surface area (Å²) in [5, 5.41) is 5.97. The molecule has 106 valence electrons. The molecule has 0 saturated heterocycles. The second-order valence-electron chi connectivity index (χ2n) is 3.86. The molecule has 0 saturated carbocycles. The van der Waals surface area contributed by atoms with Crippen LogP contribution in [0.1, 0.15) is 16.2 Å². The second kappa shape index (κ2) is 5.43. The van der Waals surface area contributed by atoms with Gasteiger partial charge in [-0.15, -0.1) is 0 Å². The van der Waals surface area contributed by atoms with Crippen molar-refractivity contribution in [1.29, 1.82) is 0 Å². The van der Waals surface area contributed by atoms with Gasteiger partial charge in [0.1, 0.15) is 10.7 Å². The highest BCUT2D eigenvalue weighted by Gasteiger charge is 2.16. The highest BCUT2D eigenvalue weighted by atomic mass is 35.7. The highest BCUT2D eigenvalue weighted by Crippen LogP contribution is 2.27. The Bertz CT molecular complexity index is 770. The van der Waals surface area contributed by atoms with Crippen LogP contribution in [0, 0.1) is 6.92 Å². The van der Waals surface area contributed by atoms with Gasteiger partial charge in [-0.3, -0.25) is 4.79 Å². The van der Waals surface area contributed by atoms with Gasteiger partial charge < -0.3 is 9.84 Å². The molecule has 2 aromatic rings. The van der Waals surface area contributed by atoms with Gasteiger partial charge in [-0.1, -0.05) is 16.8 Å². The summed E-state index contributed by atoms with van der Waals surface area (Å²) in [6, 6.07) is 5.32. The second-order valence-corrected chi connectivity index (χ2v) is 6.80. The van der Waals surface area contributed by atoms with E-state index in [2.05, 4.69) is 10.5 Å². The molecule has 20 heavy (non-hydrogen) atoms. The third kappa shape index (κ3) is 3.30. The number of hydrogen-bond donors (Lipinski definition) is 1. The van der Waals surface area contributed by atoms with Gasteiger partial charge in [-0.05, 0) is 25.1 Å². The summed E-state index contributed by atoms with van der Waals surface area (Å²) in [4.78, 5) is 11.6. The number of carbonyl (C=O) groups excluding carboxylic acids is 1. The van der Waals surface area contributed by atoms with Gasteiger partial charge in [0.25, 0.3) is 15.0 Å². The molecule has 0 radical (unpaired) electrons. The number of halogens is 2. The highest BCUT2D eigenvalue weighted by molar-refractivity contribution is 8.13. The quantitative estimate of drug-likeness (QED) is 0.871. The van der Waals surface area contributed by atoms with Crippen LogP contribution in [0.3, 0.4) is 0 Å². The predicted molar refractivity (Wildman–Crippen MR) is 73.7 cm³/mol. The number of nitrogens with one attached hydrogen (secondary N) is 1. The fourth-order valence-corrected chi connectivity index (χ4v) is 2.97. The van der Waals surface area contributed by atoms with Gasteiger partial charge in [-0.2, -0.15) is 0 Å². The first-order valence-corrected chi connectivity index (χ1v) is 7.95. The zero-order chi connectivity index (χ0) is 14.9. The van der Waals surface area contributed by atoms with E-state index in [4.69, 9.17) is 26.8 Å². The van der Waals surface area contributed by atoms with Crippen LogP contribution in [0.25, 0.3) is 0 Å². The van der Waals surface area contributed by atoms with Crippen molar-refractivity contribution in [3.8, 4) is 0 Å².